The van der Waals surface area contributed by atoms with Gasteiger partial charge in [0.25, 0.3) is 0 Å². The number of thiazole rings is 1. The highest BCUT2D eigenvalue weighted by Crippen LogP contribution is 2.28. The van der Waals surface area contributed by atoms with Gasteiger partial charge >= 0.3 is 0 Å². The maximum Gasteiger partial charge on any atom is 0.233 e. The second-order valence-electron chi connectivity index (χ2n) is 5.90. The van der Waals surface area contributed by atoms with Gasteiger partial charge in [-0.15, -0.1) is 11.3 Å². The van der Waals surface area contributed by atoms with E-state index in [0.717, 1.165) is 25.3 Å². The Morgan fingerprint density at radius 2 is 2.23 bits per heavy atom. The van der Waals surface area contributed by atoms with Crippen LogP contribution >= 0.6 is 11.3 Å². The summed E-state index contributed by atoms with van der Waals surface area (Å²) in [4.78, 5) is 30.4. The van der Waals surface area contributed by atoms with E-state index in [1.807, 2.05) is 12.3 Å². The average molecular weight is 324 g/mol. The minimum atomic E-state index is -0.557. The molecule has 0 aromatic carbocycles. The van der Waals surface area contributed by atoms with E-state index in [9.17, 15) is 9.59 Å². The lowest BCUT2D eigenvalue weighted by Gasteiger charge is -2.31. The maximum absolute atomic E-state index is 12.4. The predicted octanol–water partition coefficient (Wildman–Crippen LogP) is 1.84. The molecule has 7 heteroatoms. The van der Waals surface area contributed by atoms with Gasteiger partial charge in [-0.1, -0.05) is 13.8 Å². The summed E-state index contributed by atoms with van der Waals surface area (Å²) in [5, 5.41) is 8.27. The molecule has 6 nitrogen and oxygen atoms in total. The zero-order chi connectivity index (χ0) is 16.2. The minimum absolute atomic E-state index is 0.0148. The molecule has 2 rings (SSSR count). The number of hydrogen-bond donors (Lipinski definition) is 2. The standard InChI is InChI=1S/C15H24N4O2S/c1-4-19(5-2)8-11-9-22-14(17-11)18-13(21)15(3)7-6-12(20)16-10-15/h9H,4-8,10H2,1-3H3,(H,16,20)(H,17,18,21). The molecular formula is C15H24N4O2S. The van der Waals surface area contributed by atoms with Crippen LogP contribution in [0.2, 0.25) is 0 Å². The van der Waals surface area contributed by atoms with Crippen LogP contribution in [0.3, 0.4) is 0 Å². The fourth-order valence-corrected chi connectivity index (χ4v) is 3.11. The van der Waals surface area contributed by atoms with Crippen LogP contribution in [0, 0.1) is 5.41 Å². The molecule has 1 saturated heterocycles. The van der Waals surface area contributed by atoms with Crippen LogP contribution in [0.15, 0.2) is 5.38 Å². The van der Waals surface area contributed by atoms with Crippen LogP contribution in [0.1, 0.15) is 39.3 Å². The maximum atomic E-state index is 12.4. The number of rotatable bonds is 6. The zero-order valence-corrected chi connectivity index (χ0v) is 14.3. The van der Waals surface area contributed by atoms with Crippen LogP contribution in [-0.2, 0) is 16.1 Å². The summed E-state index contributed by atoms with van der Waals surface area (Å²) >= 11 is 1.45. The molecule has 0 bridgehead atoms. The van der Waals surface area contributed by atoms with Crippen molar-refractivity contribution in [1.29, 1.82) is 0 Å². The second-order valence-corrected chi connectivity index (χ2v) is 6.76. The van der Waals surface area contributed by atoms with Crippen LogP contribution in [0.5, 0.6) is 0 Å². The van der Waals surface area contributed by atoms with Gasteiger partial charge in [0.15, 0.2) is 5.13 Å². The molecule has 22 heavy (non-hydrogen) atoms. The Morgan fingerprint density at radius 1 is 1.50 bits per heavy atom. The van der Waals surface area contributed by atoms with Crippen molar-refractivity contribution >= 4 is 28.3 Å². The molecule has 1 atom stereocenters. The fraction of sp³-hybridized carbons (Fsp3) is 0.667. The van der Waals surface area contributed by atoms with E-state index in [-0.39, 0.29) is 11.8 Å². The van der Waals surface area contributed by atoms with Gasteiger partial charge in [-0.2, -0.15) is 0 Å². The normalized spacial score (nSPS) is 21.7. The van der Waals surface area contributed by atoms with Gasteiger partial charge in [0.05, 0.1) is 11.1 Å². The highest BCUT2D eigenvalue weighted by Gasteiger charge is 2.37. The Labute approximate surface area is 135 Å². The lowest BCUT2D eigenvalue weighted by atomic mass is 9.82. The first-order valence-electron chi connectivity index (χ1n) is 7.71. The Hall–Kier alpha value is -1.47. The van der Waals surface area contributed by atoms with Crippen LogP contribution in [0.25, 0.3) is 0 Å². The molecule has 122 valence electrons. The Kier molecular flexibility index (Phi) is 5.52. The molecule has 0 aliphatic carbocycles. The third kappa shape index (κ3) is 4.04. The summed E-state index contributed by atoms with van der Waals surface area (Å²) in [5.41, 5.74) is 0.421. The summed E-state index contributed by atoms with van der Waals surface area (Å²) in [7, 11) is 0. The Balaban J connectivity index is 1.94. The summed E-state index contributed by atoms with van der Waals surface area (Å²) in [5.74, 6) is -0.0581. The summed E-state index contributed by atoms with van der Waals surface area (Å²) in [6, 6.07) is 0. The molecule has 2 N–H and O–H groups in total. The monoisotopic (exact) mass is 324 g/mol. The quantitative estimate of drug-likeness (QED) is 0.837. The number of hydrogen-bond acceptors (Lipinski definition) is 5. The van der Waals surface area contributed by atoms with E-state index in [1.165, 1.54) is 11.3 Å². The van der Waals surface area contributed by atoms with Crippen LogP contribution in [0.4, 0.5) is 5.13 Å². The second kappa shape index (κ2) is 7.19. The fourth-order valence-electron chi connectivity index (χ4n) is 2.42. The summed E-state index contributed by atoms with van der Waals surface area (Å²) < 4.78 is 0. The number of carbonyl (C=O) groups is 2. The van der Waals surface area contributed by atoms with Gasteiger partial charge in [0.2, 0.25) is 11.8 Å². The van der Waals surface area contributed by atoms with E-state index in [0.29, 0.717) is 24.5 Å². The molecular weight excluding hydrogens is 300 g/mol. The smallest absolute Gasteiger partial charge is 0.233 e. The van der Waals surface area contributed by atoms with E-state index < -0.39 is 5.41 Å². The molecule has 1 aromatic heterocycles. The molecule has 1 aliphatic rings. The van der Waals surface area contributed by atoms with Gasteiger partial charge in [0, 0.05) is 24.9 Å². The van der Waals surface area contributed by atoms with E-state index in [1.54, 1.807) is 0 Å². The van der Waals surface area contributed by atoms with E-state index in [2.05, 4.69) is 34.4 Å². The molecule has 2 heterocycles. The van der Waals surface area contributed by atoms with E-state index >= 15 is 0 Å². The lowest BCUT2D eigenvalue weighted by molar-refractivity contribution is -0.130. The number of amides is 2. The Morgan fingerprint density at radius 3 is 2.82 bits per heavy atom. The molecule has 1 aromatic rings. The highest BCUT2D eigenvalue weighted by molar-refractivity contribution is 7.13. The number of nitrogens with one attached hydrogen (secondary N) is 2. The molecule has 1 unspecified atom stereocenters. The van der Waals surface area contributed by atoms with Gasteiger partial charge in [0.1, 0.15) is 0 Å². The van der Waals surface area contributed by atoms with Crippen molar-refractivity contribution in [3.8, 4) is 0 Å². The molecule has 0 radical (unpaired) electrons. The summed E-state index contributed by atoms with van der Waals surface area (Å²) in [6.07, 6.45) is 0.970. The average Bonchev–Trinajstić information content (AvgIpc) is 2.95. The zero-order valence-electron chi connectivity index (χ0n) is 13.4. The van der Waals surface area contributed by atoms with Gasteiger partial charge < -0.3 is 10.6 Å². The van der Waals surface area contributed by atoms with E-state index in [4.69, 9.17) is 0 Å². The molecule has 1 aliphatic heterocycles. The molecule has 2 amide bonds. The number of carbonyl (C=O) groups excluding carboxylic acids is 2. The number of piperidine rings is 1. The number of aromatic nitrogens is 1. The van der Waals surface area contributed by atoms with Crippen molar-refractivity contribution in [2.75, 3.05) is 25.0 Å². The van der Waals surface area contributed by atoms with Crippen molar-refractivity contribution < 1.29 is 9.59 Å². The van der Waals surface area contributed by atoms with Gasteiger partial charge in [-0.05, 0) is 26.4 Å². The first-order valence-corrected chi connectivity index (χ1v) is 8.59. The minimum Gasteiger partial charge on any atom is -0.355 e. The van der Waals surface area contributed by atoms with Gasteiger partial charge in [-0.3, -0.25) is 14.5 Å². The third-order valence-corrected chi connectivity index (χ3v) is 4.99. The first kappa shape index (κ1) is 16.9. The molecule has 0 spiro atoms. The van der Waals surface area contributed by atoms with Crippen molar-refractivity contribution in [2.45, 2.75) is 40.2 Å². The van der Waals surface area contributed by atoms with Crippen molar-refractivity contribution in [3.63, 3.8) is 0 Å². The molecule has 0 saturated carbocycles. The highest BCUT2D eigenvalue weighted by atomic mass is 32.1. The largest absolute Gasteiger partial charge is 0.355 e. The predicted molar refractivity (Wildman–Crippen MR) is 87.7 cm³/mol. The lowest BCUT2D eigenvalue weighted by Crippen LogP contribution is -2.48. The third-order valence-electron chi connectivity index (χ3n) is 4.18. The molecule has 1 fully saturated rings. The number of nitrogens with zero attached hydrogens (tertiary/aromatic N) is 2. The topological polar surface area (TPSA) is 74.3 Å². The Bertz CT molecular complexity index is 529. The van der Waals surface area contributed by atoms with Crippen molar-refractivity contribution in [3.05, 3.63) is 11.1 Å². The van der Waals surface area contributed by atoms with Crippen molar-refractivity contribution in [1.82, 2.24) is 15.2 Å². The van der Waals surface area contributed by atoms with Crippen molar-refractivity contribution in [2.24, 2.45) is 5.41 Å². The SMILES string of the molecule is CCN(CC)Cc1csc(NC(=O)C2(C)CCC(=O)NC2)n1. The van der Waals surface area contributed by atoms with Gasteiger partial charge in [-0.25, -0.2) is 4.98 Å². The first-order chi connectivity index (χ1) is 10.5. The van der Waals surface area contributed by atoms with Crippen LogP contribution < -0.4 is 10.6 Å². The number of anilines is 1. The van der Waals surface area contributed by atoms with Crippen LogP contribution in [-0.4, -0.2) is 41.3 Å². The summed E-state index contributed by atoms with van der Waals surface area (Å²) in [6.45, 7) is 9.27.